The van der Waals surface area contributed by atoms with Crippen LogP contribution in [0.1, 0.15) is 48.6 Å². The third-order valence-corrected chi connectivity index (χ3v) is 6.51. The molecule has 6 rings (SSSR count). The van der Waals surface area contributed by atoms with E-state index in [0.717, 1.165) is 11.8 Å². The van der Waals surface area contributed by atoms with Gasteiger partial charge < -0.3 is 0 Å². The molecule has 1 saturated carbocycles. The smallest absolute Gasteiger partial charge is 0.00864 e. The molecule has 0 heteroatoms. The SMILES string of the molecule is c1ccc2c(c1)ccc1c3cccc4c3c(cc21)C1CCCCC41. The van der Waals surface area contributed by atoms with Crippen molar-refractivity contribution in [3.8, 4) is 0 Å². The predicted octanol–water partition coefficient (Wildman–Crippen LogP) is 6.90. The normalized spacial score (nSPS) is 22.3. The predicted molar refractivity (Wildman–Crippen MR) is 103 cm³/mol. The Morgan fingerprint density at radius 3 is 2.29 bits per heavy atom. The summed E-state index contributed by atoms with van der Waals surface area (Å²) in [6.45, 7) is 0. The molecule has 0 nitrogen and oxygen atoms in total. The van der Waals surface area contributed by atoms with Crippen LogP contribution in [0.2, 0.25) is 0 Å². The Bertz CT molecular complexity index is 1120. The van der Waals surface area contributed by atoms with Gasteiger partial charge >= 0.3 is 0 Å². The van der Waals surface area contributed by atoms with Gasteiger partial charge in [-0.3, -0.25) is 0 Å². The largest absolute Gasteiger partial charge is 0.0616 e. The summed E-state index contributed by atoms with van der Waals surface area (Å²) in [4.78, 5) is 0. The number of fused-ring (bicyclic) bond motifs is 7. The minimum Gasteiger partial charge on any atom is -0.0616 e. The Morgan fingerprint density at radius 1 is 0.583 bits per heavy atom. The highest BCUT2D eigenvalue weighted by molar-refractivity contribution is 6.19. The maximum absolute atomic E-state index is 2.54. The van der Waals surface area contributed by atoms with Gasteiger partial charge in [-0.15, -0.1) is 0 Å². The van der Waals surface area contributed by atoms with Crippen LogP contribution >= 0.6 is 0 Å². The maximum Gasteiger partial charge on any atom is -0.00864 e. The topological polar surface area (TPSA) is 0 Å². The summed E-state index contributed by atoms with van der Waals surface area (Å²) in [6.07, 6.45) is 5.53. The van der Waals surface area contributed by atoms with E-state index in [1.807, 2.05) is 0 Å². The van der Waals surface area contributed by atoms with Gasteiger partial charge in [0, 0.05) is 0 Å². The van der Waals surface area contributed by atoms with Crippen LogP contribution in [-0.4, -0.2) is 0 Å². The van der Waals surface area contributed by atoms with E-state index in [4.69, 9.17) is 0 Å². The molecule has 0 heterocycles. The molecule has 1 fully saturated rings. The first-order chi connectivity index (χ1) is 11.9. The summed E-state index contributed by atoms with van der Waals surface area (Å²) in [5.41, 5.74) is 3.26. The van der Waals surface area contributed by atoms with Crippen LogP contribution in [0, 0.1) is 0 Å². The molecule has 4 aromatic rings. The molecular weight excluding hydrogens is 288 g/mol. The van der Waals surface area contributed by atoms with E-state index in [2.05, 4.69) is 60.7 Å². The molecule has 0 spiro atoms. The van der Waals surface area contributed by atoms with Crippen molar-refractivity contribution in [3.63, 3.8) is 0 Å². The van der Waals surface area contributed by atoms with Crippen molar-refractivity contribution >= 4 is 32.3 Å². The van der Waals surface area contributed by atoms with Crippen molar-refractivity contribution in [2.45, 2.75) is 37.5 Å². The van der Waals surface area contributed by atoms with Gasteiger partial charge in [0.1, 0.15) is 0 Å². The monoisotopic (exact) mass is 308 g/mol. The summed E-state index contributed by atoms with van der Waals surface area (Å²) in [5.74, 6) is 1.52. The van der Waals surface area contributed by atoms with Crippen LogP contribution in [0.25, 0.3) is 32.3 Å². The second-order valence-corrected chi connectivity index (χ2v) is 7.61. The molecule has 116 valence electrons. The Labute approximate surface area is 142 Å². The van der Waals surface area contributed by atoms with Crippen LogP contribution in [-0.2, 0) is 0 Å². The summed E-state index contributed by atoms with van der Waals surface area (Å²) in [5, 5.41) is 8.67. The van der Waals surface area contributed by atoms with Gasteiger partial charge in [0.25, 0.3) is 0 Å². The Kier molecular flexibility index (Phi) is 2.49. The van der Waals surface area contributed by atoms with E-state index in [-0.39, 0.29) is 0 Å². The van der Waals surface area contributed by atoms with Gasteiger partial charge in [-0.05, 0) is 74.2 Å². The second-order valence-electron chi connectivity index (χ2n) is 7.61. The third kappa shape index (κ3) is 1.54. The minimum atomic E-state index is 0.752. The second kappa shape index (κ2) is 4.60. The number of hydrogen-bond acceptors (Lipinski definition) is 0. The Balaban J connectivity index is 1.82. The quantitative estimate of drug-likeness (QED) is 0.310. The van der Waals surface area contributed by atoms with Gasteiger partial charge in [-0.1, -0.05) is 67.4 Å². The zero-order valence-corrected chi connectivity index (χ0v) is 13.8. The summed E-state index contributed by atoms with van der Waals surface area (Å²) >= 11 is 0. The Morgan fingerprint density at radius 2 is 1.38 bits per heavy atom. The van der Waals surface area contributed by atoms with E-state index >= 15 is 0 Å². The van der Waals surface area contributed by atoms with Crippen LogP contribution in [0.3, 0.4) is 0 Å². The lowest BCUT2D eigenvalue weighted by atomic mass is 9.78. The molecule has 0 bridgehead atoms. The Hall–Kier alpha value is -2.34. The summed E-state index contributed by atoms with van der Waals surface area (Å²) in [7, 11) is 0. The molecule has 0 saturated heterocycles. The lowest BCUT2D eigenvalue weighted by molar-refractivity contribution is 0.400. The number of benzene rings is 4. The summed E-state index contributed by atoms with van der Waals surface area (Å²) < 4.78 is 0. The van der Waals surface area contributed by atoms with Crippen molar-refractivity contribution in [1.29, 1.82) is 0 Å². The van der Waals surface area contributed by atoms with Crippen LogP contribution in [0.15, 0.2) is 60.7 Å². The van der Waals surface area contributed by atoms with Crippen LogP contribution in [0.5, 0.6) is 0 Å². The number of hydrogen-bond donors (Lipinski definition) is 0. The highest BCUT2D eigenvalue weighted by Crippen LogP contribution is 2.54. The molecule has 4 aromatic carbocycles. The van der Waals surface area contributed by atoms with Crippen molar-refractivity contribution in [2.75, 3.05) is 0 Å². The van der Waals surface area contributed by atoms with Crippen LogP contribution < -0.4 is 0 Å². The van der Waals surface area contributed by atoms with Gasteiger partial charge in [0.2, 0.25) is 0 Å². The van der Waals surface area contributed by atoms with Gasteiger partial charge in [-0.2, -0.15) is 0 Å². The fraction of sp³-hybridized carbons (Fsp3) is 0.250. The van der Waals surface area contributed by atoms with E-state index < -0.39 is 0 Å². The molecule has 2 atom stereocenters. The van der Waals surface area contributed by atoms with Crippen molar-refractivity contribution in [3.05, 3.63) is 71.8 Å². The molecule has 0 aromatic heterocycles. The minimum absolute atomic E-state index is 0.752. The number of rotatable bonds is 0. The molecule has 2 aliphatic rings. The van der Waals surface area contributed by atoms with E-state index in [1.165, 1.54) is 52.6 Å². The molecule has 0 N–H and O–H groups in total. The zero-order valence-electron chi connectivity index (χ0n) is 13.8. The fourth-order valence-electron chi connectivity index (χ4n) is 5.51. The highest BCUT2D eigenvalue weighted by atomic mass is 14.4. The lowest BCUT2D eigenvalue weighted by Gasteiger charge is -2.26. The third-order valence-electron chi connectivity index (χ3n) is 6.51. The fourth-order valence-corrected chi connectivity index (χ4v) is 5.51. The van der Waals surface area contributed by atoms with Gasteiger partial charge in [0.05, 0.1) is 0 Å². The average molecular weight is 308 g/mol. The van der Waals surface area contributed by atoms with Gasteiger partial charge in [0.15, 0.2) is 0 Å². The lowest BCUT2D eigenvalue weighted by Crippen LogP contribution is -2.10. The summed E-state index contributed by atoms with van der Waals surface area (Å²) in [6, 6.07) is 23.0. The molecule has 2 aliphatic carbocycles. The molecule has 0 aliphatic heterocycles. The van der Waals surface area contributed by atoms with Gasteiger partial charge in [-0.25, -0.2) is 0 Å². The standard InChI is InChI=1S/C24H20/c1-2-7-16-15(6-1)12-13-19-21-11-5-10-20-17-8-3-4-9-18(17)23(24(20)21)14-22(16)19/h1-2,5-7,10-14,17-18H,3-4,8-9H2. The van der Waals surface area contributed by atoms with Crippen LogP contribution in [0.4, 0.5) is 0 Å². The molecule has 0 radical (unpaired) electrons. The first-order valence-electron chi connectivity index (χ1n) is 9.29. The first-order valence-corrected chi connectivity index (χ1v) is 9.29. The van der Waals surface area contributed by atoms with Crippen molar-refractivity contribution in [1.82, 2.24) is 0 Å². The van der Waals surface area contributed by atoms with E-state index in [0.29, 0.717) is 0 Å². The van der Waals surface area contributed by atoms with Crippen molar-refractivity contribution in [2.24, 2.45) is 0 Å². The molecule has 2 unspecified atom stereocenters. The molecule has 0 amide bonds. The zero-order chi connectivity index (χ0) is 15.7. The molecular formula is C24H20. The van der Waals surface area contributed by atoms with E-state index in [1.54, 1.807) is 16.5 Å². The van der Waals surface area contributed by atoms with Crippen molar-refractivity contribution < 1.29 is 0 Å². The maximum atomic E-state index is 2.54. The first kappa shape index (κ1) is 13.0. The molecule has 24 heavy (non-hydrogen) atoms. The highest BCUT2D eigenvalue weighted by Gasteiger charge is 2.36. The van der Waals surface area contributed by atoms with E-state index in [9.17, 15) is 0 Å². The average Bonchev–Trinajstić information content (AvgIpc) is 2.98.